The fourth-order valence-electron chi connectivity index (χ4n) is 1.33. The maximum Gasteiger partial charge on any atom is 0.339 e. The van der Waals surface area contributed by atoms with Gasteiger partial charge in [-0.15, -0.1) is 0 Å². The Morgan fingerprint density at radius 2 is 2.12 bits per heavy atom. The molecule has 3 nitrogen and oxygen atoms in total. The number of esters is 1. The summed E-state index contributed by atoms with van der Waals surface area (Å²) in [5, 5.41) is 9.58. The normalized spacial score (nSPS) is 13.3. The molecule has 1 aromatic carbocycles. The van der Waals surface area contributed by atoms with Gasteiger partial charge in [-0.05, 0) is 31.0 Å². The van der Waals surface area contributed by atoms with E-state index < -0.39 is 17.7 Å². The molecule has 1 N–H and O–H groups in total. The van der Waals surface area contributed by atoms with Gasteiger partial charge in [-0.1, -0.05) is 18.2 Å². The number of carbonyl (C=O) groups is 1. The molecule has 1 atom stereocenters. The van der Waals surface area contributed by atoms with Crippen LogP contribution in [0, 0.1) is 0 Å². The van der Waals surface area contributed by atoms with Crippen molar-refractivity contribution in [1.82, 2.24) is 0 Å². The molecule has 4 heteroatoms. The third kappa shape index (κ3) is 2.79. The zero-order valence-corrected chi connectivity index (χ0v) is 9.53. The standard InChI is InChI=1S/C12H15FO3/c1-12(2,13)9-6-4-5-8(7-9)10(14)11(15)16-3/h4-7,10,14H,1-3H3. The summed E-state index contributed by atoms with van der Waals surface area (Å²) in [5.41, 5.74) is -0.769. The summed E-state index contributed by atoms with van der Waals surface area (Å²) < 4.78 is 18.1. The topological polar surface area (TPSA) is 46.5 Å². The number of ether oxygens (including phenoxy) is 1. The molecule has 0 saturated heterocycles. The van der Waals surface area contributed by atoms with E-state index >= 15 is 0 Å². The van der Waals surface area contributed by atoms with Gasteiger partial charge in [-0.25, -0.2) is 9.18 Å². The van der Waals surface area contributed by atoms with Gasteiger partial charge in [-0.2, -0.15) is 0 Å². The van der Waals surface area contributed by atoms with Crippen LogP contribution in [0.2, 0.25) is 0 Å². The third-order valence-corrected chi connectivity index (χ3v) is 2.31. The molecule has 0 saturated carbocycles. The largest absolute Gasteiger partial charge is 0.467 e. The number of alkyl halides is 1. The van der Waals surface area contributed by atoms with Crippen LogP contribution in [0.15, 0.2) is 24.3 Å². The first kappa shape index (κ1) is 12.6. The average molecular weight is 226 g/mol. The molecular formula is C12H15FO3. The Morgan fingerprint density at radius 3 is 2.62 bits per heavy atom. The van der Waals surface area contributed by atoms with Gasteiger partial charge in [0.15, 0.2) is 6.10 Å². The SMILES string of the molecule is COC(=O)C(O)c1cccc(C(C)(C)F)c1. The minimum atomic E-state index is -1.51. The van der Waals surface area contributed by atoms with Crippen LogP contribution in [0.25, 0.3) is 0 Å². The predicted molar refractivity (Wildman–Crippen MR) is 57.6 cm³/mol. The maximum atomic E-state index is 13.6. The van der Waals surface area contributed by atoms with E-state index in [2.05, 4.69) is 4.74 Å². The average Bonchev–Trinajstić information content (AvgIpc) is 2.26. The number of carbonyl (C=O) groups excluding carboxylic acids is 1. The number of rotatable bonds is 3. The van der Waals surface area contributed by atoms with Crippen molar-refractivity contribution in [1.29, 1.82) is 0 Å². The van der Waals surface area contributed by atoms with Crippen molar-refractivity contribution in [3.63, 3.8) is 0 Å². The number of methoxy groups -OCH3 is 1. The summed E-state index contributed by atoms with van der Waals surface area (Å²) in [4.78, 5) is 11.1. The number of aliphatic hydroxyl groups is 1. The Morgan fingerprint density at radius 1 is 1.50 bits per heavy atom. The van der Waals surface area contributed by atoms with Crippen LogP contribution in [-0.2, 0) is 15.2 Å². The van der Waals surface area contributed by atoms with Crippen LogP contribution in [-0.4, -0.2) is 18.2 Å². The Kier molecular flexibility index (Phi) is 3.65. The molecule has 1 rings (SSSR count). The van der Waals surface area contributed by atoms with E-state index in [1.54, 1.807) is 18.2 Å². The second-order valence-corrected chi connectivity index (χ2v) is 4.02. The second-order valence-electron chi connectivity index (χ2n) is 4.02. The summed E-state index contributed by atoms with van der Waals surface area (Å²) in [5.74, 6) is -0.756. The fraction of sp³-hybridized carbons (Fsp3) is 0.417. The smallest absolute Gasteiger partial charge is 0.339 e. The van der Waals surface area contributed by atoms with E-state index in [1.165, 1.54) is 27.0 Å². The Balaban J connectivity index is 3.04. The highest BCUT2D eigenvalue weighted by atomic mass is 19.1. The van der Waals surface area contributed by atoms with Crippen LogP contribution in [0.5, 0.6) is 0 Å². The molecule has 0 spiro atoms. The van der Waals surface area contributed by atoms with Gasteiger partial charge in [0.1, 0.15) is 5.67 Å². The monoisotopic (exact) mass is 226 g/mol. The Bertz CT molecular complexity index is 382. The van der Waals surface area contributed by atoms with E-state index in [1.807, 2.05) is 0 Å². The third-order valence-electron chi connectivity index (χ3n) is 2.31. The van der Waals surface area contributed by atoms with Gasteiger partial charge >= 0.3 is 5.97 Å². The van der Waals surface area contributed by atoms with Crippen LogP contribution in [0.3, 0.4) is 0 Å². The first-order valence-electron chi connectivity index (χ1n) is 4.91. The molecule has 0 aliphatic carbocycles. The molecule has 1 unspecified atom stereocenters. The molecular weight excluding hydrogens is 211 g/mol. The lowest BCUT2D eigenvalue weighted by Gasteiger charge is -2.16. The highest BCUT2D eigenvalue weighted by molar-refractivity contribution is 5.76. The van der Waals surface area contributed by atoms with Crippen molar-refractivity contribution in [3.8, 4) is 0 Å². The number of benzene rings is 1. The van der Waals surface area contributed by atoms with E-state index in [-0.39, 0.29) is 0 Å². The number of hydrogen-bond acceptors (Lipinski definition) is 3. The number of aliphatic hydroxyl groups excluding tert-OH is 1. The summed E-state index contributed by atoms with van der Waals surface area (Å²) in [6, 6.07) is 6.21. The molecule has 0 fully saturated rings. The molecule has 1 aromatic rings. The van der Waals surface area contributed by atoms with Crippen LogP contribution >= 0.6 is 0 Å². The summed E-state index contributed by atoms with van der Waals surface area (Å²) in [6.07, 6.45) is -1.37. The van der Waals surface area contributed by atoms with Gasteiger partial charge in [-0.3, -0.25) is 0 Å². The molecule has 0 bridgehead atoms. The van der Waals surface area contributed by atoms with Gasteiger partial charge < -0.3 is 9.84 Å². The molecule has 0 radical (unpaired) electrons. The summed E-state index contributed by atoms with van der Waals surface area (Å²) in [6.45, 7) is 2.83. The van der Waals surface area contributed by atoms with E-state index in [0.29, 0.717) is 11.1 Å². The molecule has 0 amide bonds. The lowest BCUT2D eigenvalue weighted by molar-refractivity contribution is -0.150. The molecule has 16 heavy (non-hydrogen) atoms. The molecule has 88 valence electrons. The first-order chi connectivity index (χ1) is 7.36. The second kappa shape index (κ2) is 4.61. The summed E-state index contributed by atoms with van der Waals surface area (Å²) >= 11 is 0. The van der Waals surface area contributed by atoms with Gasteiger partial charge in [0.2, 0.25) is 0 Å². The van der Waals surface area contributed by atoms with Crippen molar-refractivity contribution in [2.45, 2.75) is 25.6 Å². The van der Waals surface area contributed by atoms with Crippen molar-refractivity contribution in [3.05, 3.63) is 35.4 Å². The highest BCUT2D eigenvalue weighted by Crippen LogP contribution is 2.27. The Labute approximate surface area is 93.9 Å². The van der Waals surface area contributed by atoms with Gasteiger partial charge in [0.05, 0.1) is 7.11 Å². The fourth-order valence-corrected chi connectivity index (χ4v) is 1.33. The molecule has 0 aromatic heterocycles. The molecule has 0 heterocycles. The lowest BCUT2D eigenvalue weighted by Crippen LogP contribution is -2.15. The van der Waals surface area contributed by atoms with Crippen LogP contribution in [0.1, 0.15) is 31.1 Å². The van der Waals surface area contributed by atoms with Crippen molar-refractivity contribution < 1.29 is 19.0 Å². The maximum absolute atomic E-state index is 13.6. The van der Waals surface area contributed by atoms with Crippen molar-refractivity contribution >= 4 is 5.97 Å². The number of halogens is 1. The minimum Gasteiger partial charge on any atom is -0.467 e. The van der Waals surface area contributed by atoms with E-state index in [0.717, 1.165) is 0 Å². The molecule has 0 aliphatic heterocycles. The minimum absolute atomic E-state index is 0.329. The van der Waals surface area contributed by atoms with Gasteiger partial charge in [0.25, 0.3) is 0 Å². The molecule has 0 aliphatic rings. The predicted octanol–water partition coefficient (Wildman–Crippen LogP) is 2.10. The zero-order valence-electron chi connectivity index (χ0n) is 9.53. The van der Waals surface area contributed by atoms with Gasteiger partial charge in [0, 0.05) is 0 Å². The van der Waals surface area contributed by atoms with Crippen LogP contribution < -0.4 is 0 Å². The quantitative estimate of drug-likeness (QED) is 0.803. The van der Waals surface area contributed by atoms with Crippen molar-refractivity contribution in [2.24, 2.45) is 0 Å². The van der Waals surface area contributed by atoms with E-state index in [9.17, 15) is 14.3 Å². The highest BCUT2D eigenvalue weighted by Gasteiger charge is 2.22. The van der Waals surface area contributed by atoms with Crippen LogP contribution in [0.4, 0.5) is 4.39 Å². The zero-order chi connectivity index (χ0) is 12.3. The van der Waals surface area contributed by atoms with E-state index in [4.69, 9.17) is 0 Å². The lowest BCUT2D eigenvalue weighted by atomic mass is 9.96. The van der Waals surface area contributed by atoms with Crippen molar-refractivity contribution in [2.75, 3.05) is 7.11 Å². The number of hydrogen-bond donors (Lipinski definition) is 1. The Hall–Kier alpha value is -1.42. The first-order valence-corrected chi connectivity index (χ1v) is 4.91. The summed E-state index contributed by atoms with van der Waals surface area (Å²) in [7, 11) is 1.19.